The number of hydrogen-bond acceptors (Lipinski definition) is 3. The Kier molecular flexibility index (Phi) is 3.91. The number of nitrogens with zero attached hydrogens (tertiary/aromatic N) is 2. The van der Waals surface area contributed by atoms with E-state index in [4.69, 9.17) is 5.73 Å². The molecule has 5 nitrogen and oxygen atoms in total. The summed E-state index contributed by atoms with van der Waals surface area (Å²) < 4.78 is 0. The van der Waals surface area contributed by atoms with Crippen molar-refractivity contribution in [1.82, 2.24) is 14.8 Å². The number of nitrogen functional groups attached to an aromatic ring is 1. The van der Waals surface area contributed by atoms with Crippen LogP contribution >= 0.6 is 0 Å². The lowest BCUT2D eigenvalue weighted by Crippen LogP contribution is -2.45. The van der Waals surface area contributed by atoms with Gasteiger partial charge in [0.15, 0.2) is 0 Å². The van der Waals surface area contributed by atoms with Crippen LogP contribution in [0.3, 0.4) is 0 Å². The zero-order valence-corrected chi connectivity index (χ0v) is 11.1. The SMILES string of the molecule is CCN1CCC(N(C)C(=O)c2cc(N)c[nH]2)CC1. The zero-order valence-electron chi connectivity index (χ0n) is 11.1. The van der Waals surface area contributed by atoms with Gasteiger partial charge in [0.1, 0.15) is 5.69 Å². The third-order valence-electron chi connectivity index (χ3n) is 3.81. The second-order valence-electron chi connectivity index (χ2n) is 4.93. The highest BCUT2D eigenvalue weighted by atomic mass is 16.2. The number of amides is 1. The van der Waals surface area contributed by atoms with Crippen molar-refractivity contribution >= 4 is 11.6 Å². The van der Waals surface area contributed by atoms with E-state index in [0.29, 0.717) is 17.4 Å². The number of nitrogens with one attached hydrogen (secondary N) is 1. The molecule has 2 rings (SSSR count). The molecule has 5 heteroatoms. The topological polar surface area (TPSA) is 65.4 Å². The molecular formula is C13H22N4O. The largest absolute Gasteiger partial charge is 0.397 e. The van der Waals surface area contributed by atoms with Crippen molar-refractivity contribution in [2.24, 2.45) is 0 Å². The molecule has 0 saturated carbocycles. The number of piperidine rings is 1. The molecule has 0 aromatic carbocycles. The van der Waals surface area contributed by atoms with Crippen LogP contribution in [0, 0.1) is 0 Å². The molecule has 1 amide bonds. The molecule has 100 valence electrons. The number of H-pyrrole nitrogens is 1. The lowest BCUT2D eigenvalue weighted by molar-refractivity contribution is 0.0642. The van der Waals surface area contributed by atoms with Gasteiger partial charge in [0, 0.05) is 38.1 Å². The third kappa shape index (κ3) is 2.67. The third-order valence-corrected chi connectivity index (χ3v) is 3.81. The smallest absolute Gasteiger partial charge is 0.270 e. The summed E-state index contributed by atoms with van der Waals surface area (Å²) in [5, 5.41) is 0. The predicted octanol–water partition coefficient (Wildman–Crippen LogP) is 1.15. The van der Waals surface area contributed by atoms with Gasteiger partial charge >= 0.3 is 0 Å². The Morgan fingerprint density at radius 2 is 2.22 bits per heavy atom. The van der Waals surface area contributed by atoms with E-state index in [1.54, 1.807) is 12.3 Å². The Balaban J connectivity index is 1.95. The van der Waals surface area contributed by atoms with Crippen LogP contribution < -0.4 is 5.73 Å². The molecule has 0 aliphatic carbocycles. The molecule has 1 fully saturated rings. The van der Waals surface area contributed by atoms with E-state index >= 15 is 0 Å². The second-order valence-corrected chi connectivity index (χ2v) is 4.93. The standard InChI is InChI=1S/C13H22N4O/c1-3-17-6-4-11(5-7-17)16(2)13(18)12-8-10(14)9-15-12/h8-9,11,15H,3-7,14H2,1-2H3. The van der Waals surface area contributed by atoms with Crippen LogP contribution in [0.5, 0.6) is 0 Å². The van der Waals surface area contributed by atoms with Gasteiger partial charge in [0.05, 0.1) is 0 Å². The van der Waals surface area contributed by atoms with Crippen molar-refractivity contribution in [2.45, 2.75) is 25.8 Å². The first-order chi connectivity index (χ1) is 8.61. The van der Waals surface area contributed by atoms with Gasteiger partial charge in [-0.2, -0.15) is 0 Å². The Hall–Kier alpha value is -1.49. The maximum absolute atomic E-state index is 12.2. The number of carbonyl (C=O) groups is 1. The summed E-state index contributed by atoms with van der Waals surface area (Å²) in [6, 6.07) is 2.03. The van der Waals surface area contributed by atoms with E-state index in [1.165, 1.54) is 0 Å². The first-order valence-corrected chi connectivity index (χ1v) is 6.55. The molecule has 0 spiro atoms. The fourth-order valence-corrected chi connectivity index (χ4v) is 2.51. The quantitative estimate of drug-likeness (QED) is 0.846. The highest BCUT2D eigenvalue weighted by Gasteiger charge is 2.25. The summed E-state index contributed by atoms with van der Waals surface area (Å²) in [6.07, 6.45) is 3.75. The number of nitrogens with two attached hydrogens (primary N) is 1. The number of aromatic nitrogens is 1. The molecule has 1 aromatic rings. The van der Waals surface area contributed by atoms with Crippen LogP contribution in [0.4, 0.5) is 5.69 Å². The average Bonchev–Trinajstić information content (AvgIpc) is 2.84. The fourth-order valence-electron chi connectivity index (χ4n) is 2.51. The van der Waals surface area contributed by atoms with Gasteiger partial charge in [-0.25, -0.2) is 0 Å². The Morgan fingerprint density at radius 3 is 2.72 bits per heavy atom. The summed E-state index contributed by atoms with van der Waals surface area (Å²) in [4.78, 5) is 19.4. The normalized spacial score (nSPS) is 17.9. The minimum Gasteiger partial charge on any atom is -0.397 e. The molecule has 1 aliphatic rings. The Labute approximate surface area is 108 Å². The first kappa shape index (κ1) is 13.0. The minimum atomic E-state index is 0.0293. The van der Waals surface area contributed by atoms with E-state index in [9.17, 15) is 4.79 Å². The number of likely N-dealkylation sites (tertiary alicyclic amines) is 1. The fraction of sp³-hybridized carbons (Fsp3) is 0.615. The van der Waals surface area contributed by atoms with Gasteiger partial charge in [-0.15, -0.1) is 0 Å². The van der Waals surface area contributed by atoms with Crippen LogP contribution in [-0.4, -0.2) is 53.4 Å². The van der Waals surface area contributed by atoms with Crippen LogP contribution in [0.15, 0.2) is 12.3 Å². The van der Waals surface area contributed by atoms with Crippen LogP contribution in [-0.2, 0) is 0 Å². The molecule has 1 saturated heterocycles. The Bertz CT molecular complexity index is 407. The van der Waals surface area contributed by atoms with E-state index in [1.807, 2.05) is 11.9 Å². The van der Waals surface area contributed by atoms with Crippen LogP contribution in [0.1, 0.15) is 30.3 Å². The maximum atomic E-state index is 12.2. The van der Waals surface area contributed by atoms with E-state index in [-0.39, 0.29) is 5.91 Å². The number of aromatic amines is 1. The molecule has 1 aromatic heterocycles. The number of hydrogen-bond donors (Lipinski definition) is 2. The molecule has 0 unspecified atom stereocenters. The molecule has 2 heterocycles. The lowest BCUT2D eigenvalue weighted by atomic mass is 10.0. The zero-order chi connectivity index (χ0) is 13.1. The molecule has 0 bridgehead atoms. The molecule has 3 N–H and O–H groups in total. The minimum absolute atomic E-state index is 0.0293. The molecular weight excluding hydrogens is 228 g/mol. The highest BCUT2D eigenvalue weighted by Crippen LogP contribution is 2.17. The van der Waals surface area contributed by atoms with E-state index in [0.717, 1.165) is 32.5 Å². The molecule has 0 radical (unpaired) electrons. The van der Waals surface area contributed by atoms with Crippen molar-refractivity contribution in [3.8, 4) is 0 Å². The van der Waals surface area contributed by atoms with Gasteiger partial charge < -0.3 is 20.5 Å². The second kappa shape index (κ2) is 5.44. The summed E-state index contributed by atoms with van der Waals surface area (Å²) in [5.74, 6) is 0.0293. The summed E-state index contributed by atoms with van der Waals surface area (Å²) in [6.45, 7) is 5.42. The molecule has 0 atom stereocenters. The highest BCUT2D eigenvalue weighted by molar-refractivity contribution is 5.93. The van der Waals surface area contributed by atoms with Crippen molar-refractivity contribution in [1.29, 1.82) is 0 Å². The summed E-state index contributed by atoms with van der Waals surface area (Å²) in [7, 11) is 1.88. The average molecular weight is 250 g/mol. The maximum Gasteiger partial charge on any atom is 0.270 e. The first-order valence-electron chi connectivity index (χ1n) is 6.55. The van der Waals surface area contributed by atoms with Crippen molar-refractivity contribution in [3.63, 3.8) is 0 Å². The van der Waals surface area contributed by atoms with Gasteiger partial charge in [-0.1, -0.05) is 6.92 Å². The predicted molar refractivity (Wildman–Crippen MR) is 72.4 cm³/mol. The molecule has 18 heavy (non-hydrogen) atoms. The van der Waals surface area contributed by atoms with Crippen LogP contribution in [0.2, 0.25) is 0 Å². The van der Waals surface area contributed by atoms with E-state index < -0.39 is 0 Å². The van der Waals surface area contributed by atoms with E-state index in [2.05, 4.69) is 16.8 Å². The number of carbonyl (C=O) groups excluding carboxylic acids is 1. The monoisotopic (exact) mass is 250 g/mol. The summed E-state index contributed by atoms with van der Waals surface area (Å²) >= 11 is 0. The molecule has 1 aliphatic heterocycles. The lowest BCUT2D eigenvalue weighted by Gasteiger charge is -2.36. The van der Waals surface area contributed by atoms with Crippen molar-refractivity contribution < 1.29 is 4.79 Å². The van der Waals surface area contributed by atoms with Gasteiger partial charge in [-0.3, -0.25) is 4.79 Å². The van der Waals surface area contributed by atoms with Crippen LogP contribution in [0.25, 0.3) is 0 Å². The Morgan fingerprint density at radius 1 is 1.56 bits per heavy atom. The van der Waals surface area contributed by atoms with Gasteiger partial charge in [-0.05, 0) is 25.5 Å². The van der Waals surface area contributed by atoms with Crippen molar-refractivity contribution in [2.75, 3.05) is 32.4 Å². The van der Waals surface area contributed by atoms with Crippen molar-refractivity contribution in [3.05, 3.63) is 18.0 Å². The van der Waals surface area contributed by atoms with Gasteiger partial charge in [0.25, 0.3) is 5.91 Å². The number of anilines is 1. The van der Waals surface area contributed by atoms with Gasteiger partial charge in [0.2, 0.25) is 0 Å². The summed E-state index contributed by atoms with van der Waals surface area (Å²) in [5.41, 5.74) is 6.80. The number of rotatable bonds is 3.